The predicted octanol–water partition coefficient (Wildman–Crippen LogP) is 4.73. The highest BCUT2D eigenvalue weighted by molar-refractivity contribution is 5.95. The Hall–Kier alpha value is -6.12. The molecule has 0 atom stereocenters. The topological polar surface area (TPSA) is 188 Å². The maximum Gasteiger partial charge on any atom is 0.331 e. The average molecular weight is 647 g/mol. The molecule has 0 fully saturated rings. The van der Waals surface area contributed by atoms with Gasteiger partial charge in [-0.2, -0.15) is 13.2 Å². The molecule has 3 heterocycles. The third-order valence-corrected chi connectivity index (χ3v) is 7.28. The highest BCUT2D eigenvalue weighted by Crippen LogP contribution is 2.33. The molecule has 0 saturated heterocycles. The zero-order valence-corrected chi connectivity index (χ0v) is 24.4. The first kappa shape index (κ1) is 32.3. The highest BCUT2D eigenvalue weighted by Gasteiger charge is 2.22. The summed E-state index contributed by atoms with van der Waals surface area (Å²) in [5.74, 6) is -4.62. The van der Waals surface area contributed by atoms with Crippen molar-refractivity contribution in [3.8, 4) is 22.8 Å². The van der Waals surface area contributed by atoms with Crippen LogP contribution in [-0.4, -0.2) is 49.6 Å². The second-order valence-electron chi connectivity index (χ2n) is 10.2. The quantitative estimate of drug-likeness (QED) is 0.0845. The summed E-state index contributed by atoms with van der Waals surface area (Å²) < 4.78 is 52.3. The number of aromatic hydroxyl groups is 1. The summed E-state index contributed by atoms with van der Waals surface area (Å²) in [5.41, 5.74) is 21.8. The summed E-state index contributed by atoms with van der Waals surface area (Å²) in [6.45, 7) is -2.79. The Labute approximate surface area is 264 Å². The molecule has 0 bridgehead atoms. The lowest BCUT2D eigenvalue weighted by Crippen LogP contribution is -2.15. The number of phenols is 1. The van der Waals surface area contributed by atoms with E-state index in [4.69, 9.17) is 32.3 Å². The van der Waals surface area contributed by atoms with E-state index in [-0.39, 0.29) is 12.0 Å². The number of primary amides is 1. The van der Waals surface area contributed by atoms with Crippen molar-refractivity contribution in [3.05, 3.63) is 100 Å². The van der Waals surface area contributed by atoms with Gasteiger partial charge in [-0.15, -0.1) is 0 Å². The lowest BCUT2D eigenvalue weighted by atomic mass is 10.1. The number of nitrogen functional groups attached to an aromatic ring is 1. The molecule has 0 radical (unpaired) electrons. The number of aryl methyl sites for hydroxylation is 2. The summed E-state index contributed by atoms with van der Waals surface area (Å²) in [6.07, 6.45) is 7.23. The number of hydrogen-bond donors (Lipinski definition) is 4. The minimum Gasteiger partial charge on any atom is -0.504 e. The van der Waals surface area contributed by atoms with E-state index in [2.05, 4.69) is 22.1 Å². The molecule has 5 aromatic rings. The van der Waals surface area contributed by atoms with Gasteiger partial charge in [0, 0.05) is 18.1 Å². The fourth-order valence-electron chi connectivity index (χ4n) is 5.03. The number of benzene rings is 2. The Balaban J connectivity index is 0.000000261. The molecule has 15 heteroatoms. The fourth-order valence-corrected chi connectivity index (χ4v) is 5.03. The van der Waals surface area contributed by atoms with Crippen LogP contribution in [0, 0.1) is 11.6 Å². The van der Waals surface area contributed by atoms with Crippen LogP contribution in [0.5, 0.6) is 5.75 Å². The zero-order valence-electron chi connectivity index (χ0n) is 24.4. The number of amides is 1. The molecule has 0 unspecified atom stereocenters. The fraction of sp³-hybridized carbons (Fsp3) is 0.125. The number of pyridine rings is 2. The lowest BCUT2D eigenvalue weighted by Gasteiger charge is -2.12. The number of phenolic OH excluding ortho intramolecular Hbond substituents is 1. The van der Waals surface area contributed by atoms with Crippen LogP contribution in [0.3, 0.4) is 0 Å². The number of alkyl halides is 2. The standard InChI is InChI=1S/C24H21F2N7.C8H5F2NO3/c25-24(26)30-12-10-18(27)19-8-9-20-23(31-19)33(16-7-6-14-3-1-4-15(14)13-16)22(32-20)17-5-2-11-29-21(17)28;9-5-4(8(11)14)1-3(2-12)7(13)6(5)10/h2,5-13,24H,1,3-4,27H2,(H2,28,29);1-2,13H,(H2,11,14)/b18-10-,30-12+;. The molecule has 1 aliphatic rings. The number of carbonyl (C=O) groups excluding carboxylic acids is 2. The van der Waals surface area contributed by atoms with Crippen LogP contribution in [0.2, 0.25) is 0 Å². The van der Waals surface area contributed by atoms with Crippen molar-refractivity contribution in [2.24, 2.45) is 16.5 Å². The second kappa shape index (κ2) is 13.5. The molecule has 3 aromatic heterocycles. The molecule has 1 aliphatic carbocycles. The summed E-state index contributed by atoms with van der Waals surface area (Å²) in [5, 5.41) is 8.89. The molecule has 11 nitrogen and oxygen atoms in total. The van der Waals surface area contributed by atoms with Crippen LogP contribution in [-0.2, 0) is 12.8 Å². The number of nitrogens with zero attached hydrogens (tertiary/aromatic N) is 5. The van der Waals surface area contributed by atoms with Gasteiger partial charge in [0.2, 0.25) is 5.82 Å². The molecule has 0 aliphatic heterocycles. The first-order valence-corrected chi connectivity index (χ1v) is 14.0. The van der Waals surface area contributed by atoms with E-state index < -0.39 is 41.0 Å². The number of hydrogen-bond acceptors (Lipinski definition) is 9. The van der Waals surface area contributed by atoms with Gasteiger partial charge >= 0.3 is 6.55 Å². The van der Waals surface area contributed by atoms with Gasteiger partial charge in [0.05, 0.1) is 28.1 Å². The minimum absolute atomic E-state index is 0.0876. The number of nitrogens with two attached hydrogens (primary N) is 3. The smallest absolute Gasteiger partial charge is 0.331 e. The summed E-state index contributed by atoms with van der Waals surface area (Å²) in [4.78, 5) is 37.6. The van der Waals surface area contributed by atoms with Crippen molar-refractivity contribution in [2.75, 3.05) is 5.73 Å². The van der Waals surface area contributed by atoms with Gasteiger partial charge < -0.3 is 22.3 Å². The van der Waals surface area contributed by atoms with Crippen molar-refractivity contribution in [1.82, 2.24) is 19.5 Å². The van der Waals surface area contributed by atoms with Crippen molar-refractivity contribution in [1.29, 1.82) is 0 Å². The van der Waals surface area contributed by atoms with Gasteiger partial charge in [-0.1, -0.05) is 6.07 Å². The largest absolute Gasteiger partial charge is 0.504 e. The zero-order chi connectivity index (χ0) is 33.8. The SMILES string of the molecule is N/C(=C\C=N\C(F)F)c1ccc2nc(-c3cccnc3N)n(-c3ccc4c(c3)CCC4)c2n1.NC(=O)c1cc(C=O)c(O)c(F)c1F. The molecular formula is C32H26F4N8O3. The van der Waals surface area contributed by atoms with E-state index in [1.165, 1.54) is 17.2 Å². The molecule has 1 amide bonds. The molecule has 0 saturated carbocycles. The predicted molar refractivity (Wildman–Crippen MR) is 167 cm³/mol. The summed E-state index contributed by atoms with van der Waals surface area (Å²) >= 11 is 0. The number of carbonyl (C=O) groups is 2. The molecule has 240 valence electrons. The number of imidazole rings is 1. The van der Waals surface area contributed by atoms with Crippen LogP contribution >= 0.6 is 0 Å². The third kappa shape index (κ3) is 6.63. The van der Waals surface area contributed by atoms with Gasteiger partial charge in [-0.05, 0) is 78.9 Å². The van der Waals surface area contributed by atoms with Crippen LogP contribution in [0.4, 0.5) is 23.4 Å². The van der Waals surface area contributed by atoms with Gasteiger partial charge in [0.1, 0.15) is 11.3 Å². The van der Waals surface area contributed by atoms with Gasteiger partial charge in [0.25, 0.3) is 5.91 Å². The Morgan fingerprint density at radius 3 is 2.49 bits per heavy atom. The second-order valence-corrected chi connectivity index (χ2v) is 10.2. The van der Waals surface area contributed by atoms with Gasteiger partial charge in [-0.25, -0.2) is 24.3 Å². The number of anilines is 1. The number of halogens is 4. The molecule has 7 N–H and O–H groups in total. The molecular weight excluding hydrogens is 620 g/mol. The summed E-state index contributed by atoms with van der Waals surface area (Å²) in [7, 11) is 0. The Morgan fingerprint density at radius 1 is 1.02 bits per heavy atom. The first-order valence-electron chi connectivity index (χ1n) is 14.0. The van der Waals surface area contributed by atoms with E-state index >= 15 is 0 Å². The highest BCUT2D eigenvalue weighted by atomic mass is 19.3. The molecule has 2 aromatic carbocycles. The molecule has 6 rings (SSSR count). The van der Waals surface area contributed by atoms with Crippen LogP contribution in [0.15, 0.2) is 65.8 Å². The average Bonchev–Trinajstić information content (AvgIpc) is 3.68. The Bertz CT molecular complexity index is 2080. The van der Waals surface area contributed by atoms with E-state index in [0.717, 1.165) is 31.2 Å². The lowest BCUT2D eigenvalue weighted by molar-refractivity contribution is 0.0995. The Kier molecular flexibility index (Phi) is 9.26. The van der Waals surface area contributed by atoms with Crippen LogP contribution < -0.4 is 17.2 Å². The maximum atomic E-state index is 12.9. The molecule has 47 heavy (non-hydrogen) atoms. The third-order valence-electron chi connectivity index (χ3n) is 7.28. The minimum atomic E-state index is -2.79. The van der Waals surface area contributed by atoms with E-state index in [9.17, 15) is 27.2 Å². The van der Waals surface area contributed by atoms with Gasteiger partial charge in [-0.3, -0.25) is 14.2 Å². The summed E-state index contributed by atoms with van der Waals surface area (Å²) in [6, 6.07) is 14.2. The van der Waals surface area contributed by atoms with E-state index in [1.54, 1.807) is 24.4 Å². The maximum absolute atomic E-state index is 12.9. The number of aromatic nitrogens is 4. The van der Waals surface area contributed by atoms with Crippen molar-refractivity contribution < 1.29 is 32.3 Å². The number of fused-ring (bicyclic) bond motifs is 2. The van der Waals surface area contributed by atoms with Crippen LogP contribution in [0.25, 0.3) is 33.9 Å². The number of aliphatic imine (C=N–C) groups is 1. The van der Waals surface area contributed by atoms with Gasteiger partial charge in [0.15, 0.2) is 29.3 Å². The number of allylic oxidation sites excluding steroid dienone is 1. The van der Waals surface area contributed by atoms with Crippen LogP contribution in [0.1, 0.15) is 44.0 Å². The van der Waals surface area contributed by atoms with E-state index in [0.29, 0.717) is 40.1 Å². The first-order chi connectivity index (χ1) is 22.5. The van der Waals surface area contributed by atoms with E-state index in [1.807, 2.05) is 16.7 Å². The van der Waals surface area contributed by atoms with Crippen molar-refractivity contribution >= 4 is 41.1 Å². The monoisotopic (exact) mass is 646 g/mol. The normalized spacial score (nSPS) is 12.7. The molecule has 0 spiro atoms. The Morgan fingerprint density at radius 2 is 1.79 bits per heavy atom. The number of aldehydes is 1. The van der Waals surface area contributed by atoms with Crippen molar-refractivity contribution in [3.63, 3.8) is 0 Å². The van der Waals surface area contributed by atoms with Crippen molar-refractivity contribution in [2.45, 2.75) is 25.8 Å². The number of rotatable bonds is 7.